The van der Waals surface area contributed by atoms with E-state index in [2.05, 4.69) is 40.0 Å². The van der Waals surface area contributed by atoms with E-state index < -0.39 is 47.5 Å². The van der Waals surface area contributed by atoms with E-state index in [1.807, 2.05) is 54.6 Å². The molecule has 3 unspecified atom stereocenters. The number of fused-ring (bicyclic) bond motifs is 1. The van der Waals surface area contributed by atoms with Crippen LogP contribution >= 0.6 is 15.9 Å². The highest BCUT2D eigenvalue weighted by molar-refractivity contribution is 9.09. The van der Waals surface area contributed by atoms with Crippen LogP contribution in [-0.4, -0.2) is 82.7 Å². The molecule has 41 heavy (non-hydrogen) atoms. The number of rotatable bonds is 11. The first kappa shape index (κ1) is 29.5. The molecule has 9 nitrogen and oxygen atoms in total. The van der Waals surface area contributed by atoms with Crippen molar-refractivity contribution in [3.8, 4) is 0 Å². The van der Waals surface area contributed by atoms with Crippen LogP contribution in [0.15, 0.2) is 54.6 Å². The van der Waals surface area contributed by atoms with Crippen LogP contribution in [0.4, 0.5) is 11.4 Å². The third-order valence-corrected chi connectivity index (χ3v) is 9.56. The third kappa shape index (κ3) is 5.15. The normalized spacial score (nSPS) is 28.9. The maximum Gasteiger partial charge on any atom is 0.312 e. The second-order valence-electron chi connectivity index (χ2n) is 10.9. The van der Waals surface area contributed by atoms with Gasteiger partial charge >= 0.3 is 5.97 Å². The number of halogens is 1. The quantitative estimate of drug-likeness (QED) is 0.290. The minimum Gasteiger partial charge on any atom is -0.466 e. The average Bonchev–Trinajstić information content (AvgIpc) is 3.57. The number of amides is 2. The van der Waals surface area contributed by atoms with Crippen molar-refractivity contribution >= 4 is 45.1 Å². The lowest BCUT2D eigenvalue weighted by molar-refractivity contribution is -0.155. The van der Waals surface area contributed by atoms with Crippen molar-refractivity contribution in [2.24, 2.45) is 11.8 Å². The molecule has 2 aromatic rings. The van der Waals surface area contributed by atoms with E-state index in [1.54, 1.807) is 6.92 Å². The van der Waals surface area contributed by atoms with Gasteiger partial charge in [0.05, 0.1) is 37.2 Å². The molecule has 0 aliphatic carbocycles. The van der Waals surface area contributed by atoms with E-state index in [9.17, 15) is 19.5 Å². The largest absolute Gasteiger partial charge is 0.466 e. The number of nitrogens with zero attached hydrogens (tertiary/aromatic N) is 2. The molecule has 3 fully saturated rings. The van der Waals surface area contributed by atoms with E-state index in [0.717, 1.165) is 24.3 Å². The molecule has 10 heteroatoms. The van der Waals surface area contributed by atoms with Gasteiger partial charge in [-0.15, -0.1) is 0 Å². The lowest BCUT2D eigenvalue weighted by Gasteiger charge is -2.37. The predicted octanol–water partition coefficient (Wildman–Crippen LogP) is 3.39. The molecular formula is C31H38BrN3O6. The van der Waals surface area contributed by atoms with Crippen molar-refractivity contribution in [3.05, 3.63) is 60.2 Å². The molecule has 3 heterocycles. The molecule has 2 amide bonds. The number of carbonyl (C=O) groups is 3. The van der Waals surface area contributed by atoms with Crippen LogP contribution in [0.5, 0.6) is 0 Å². The van der Waals surface area contributed by atoms with E-state index in [4.69, 9.17) is 9.47 Å². The number of anilines is 2. The van der Waals surface area contributed by atoms with E-state index in [1.165, 1.54) is 4.90 Å². The van der Waals surface area contributed by atoms with Gasteiger partial charge in [0.2, 0.25) is 11.8 Å². The number of nitrogens with one attached hydrogen (secondary N) is 1. The highest BCUT2D eigenvalue weighted by atomic mass is 79.9. The summed E-state index contributed by atoms with van der Waals surface area (Å²) in [5.74, 6) is -3.00. The Hall–Kier alpha value is -2.95. The Kier molecular flexibility index (Phi) is 8.73. The lowest BCUT2D eigenvalue weighted by Crippen LogP contribution is -2.57. The fourth-order valence-electron chi connectivity index (χ4n) is 6.96. The summed E-state index contributed by atoms with van der Waals surface area (Å²) in [4.78, 5) is 45.1. The molecule has 0 radical (unpaired) electrons. The molecular weight excluding hydrogens is 590 g/mol. The molecule has 2 aromatic carbocycles. The third-order valence-electron chi connectivity index (χ3n) is 8.72. The number of alkyl halides is 1. The highest BCUT2D eigenvalue weighted by Gasteiger charge is 2.77. The van der Waals surface area contributed by atoms with Gasteiger partial charge in [0.25, 0.3) is 0 Å². The first-order valence-electron chi connectivity index (χ1n) is 14.4. The summed E-state index contributed by atoms with van der Waals surface area (Å²) in [6, 6.07) is 15.4. The number of hydrogen-bond donors (Lipinski definition) is 2. The first-order chi connectivity index (χ1) is 19.8. The van der Waals surface area contributed by atoms with Gasteiger partial charge in [-0.2, -0.15) is 0 Å². The van der Waals surface area contributed by atoms with E-state index in [0.29, 0.717) is 18.5 Å². The number of esters is 1. The zero-order valence-corrected chi connectivity index (χ0v) is 25.2. The van der Waals surface area contributed by atoms with Crippen molar-refractivity contribution in [1.29, 1.82) is 0 Å². The summed E-state index contributed by atoms with van der Waals surface area (Å²) in [6.07, 6.45) is 0.137. The maximum atomic E-state index is 14.3. The molecule has 0 saturated carbocycles. The standard InChI is InChI=1S/C31H38BrN3O6/c1-4-34(5-2)21-14-12-20(13-15-21)33-28(37)27-31-17-23(32)26(41-31)24(30(39)40-6-3)25(31)29(38)35(27)22(18-36)16-19-10-8-7-9-11-19/h7-15,22-27,36H,4-6,16-18H2,1-3H3,(H,33,37)/t22-,23?,24-,25+,26-,27?,31?/m1/s1. The Labute approximate surface area is 249 Å². The van der Waals surface area contributed by atoms with Crippen LogP contribution in [0.25, 0.3) is 0 Å². The Morgan fingerprint density at radius 3 is 2.44 bits per heavy atom. The summed E-state index contributed by atoms with van der Waals surface area (Å²) in [5, 5.41) is 13.6. The lowest BCUT2D eigenvalue weighted by atomic mass is 9.70. The number of benzene rings is 2. The molecule has 220 valence electrons. The number of likely N-dealkylation sites (tertiary alicyclic amines) is 1. The smallest absolute Gasteiger partial charge is 0.312 e. The SMILES string of the molecule is CCOC(=O)[C@H]1[C@@H]2OC3(CC2Br)C(C(=O)Nc2ccc(N(CC)CC)cc2)N([C@@H](CO)Cc2ccccc2)C(=O)[C@H]13. The number of ether oxygens (including phenoxy) is 2. The van der Waals surface area contributed by atoms with Crippen LogP contribution in [0, 0.1) is 11.8 Å². The van der Waals surface area contributed by atoms with Crippen molar-refractivity contribution < 1.29 is 29.0 Å². The second-order valence-corrected chi connectivity index (χ2v) is 12.1. The molecule has 5 rings (SSSR count). The minimum atomic E-state index is -1.23. The second kappa shape index (κ2) is 12.1. The summed E-state index contributed by atoms with van der Waals surface area (Å²) < 4.78 is 11.9. The molecule has 0 aromatic heterocycles. The summed E-state index contributed by atoms with van der Waals surface area (Å²) in [5.41, 5.74) is 1.32. The highest BCUT2D eigenvalue weighted by Crippen LogP contribution is 2.60. The van der Waals surface area contributed by atoms with E-state index in [-0.39, 0.29) is 23.9 Å². The Morgan fingerprint density at radius 1 is 1.15 bits per heavy atom. The van der Waals surface area contributed by atoms with Gasteiger partial charge in [0, 0.05) is 29.3 Å². The van der Waals surface area contributed by atoms with Gasteiger partial charge in [-0.25, -0.2) is 0 Å². The topological polar surface area (TPSA) is 108 Å². The average molecular weight is 629 g/mol. The molecule has 1 spiro atoms. The van der Waals surface area contributed by atoms with Gasteiger partial charge in [-0.3, -0.25) is 14.4 Å². The summed E-state index contributed by atoms with van der Waals surface area (Å²) in [6.45, 7) is 7.45. The fourth-order valence-corrected chi connectivity index (χ4v) is 7.90. The minimum absolute atomic E-state index is 0.174. The Morgan fingerprint density at radius 2 is 1.83 bits per heavy atom. The van der Waals surface area contributed by atoms with Gasteiger partial charge in [0.1, 0.15) is 11.6 Å². The van der Waals surface area contributed by atoms with Crippen molar-refractivity contribution in [2.75, 3.05) is 36.5 Å². The van der Waals surface area contributed by atoms with Crippen LogP contribution < -0.4 is 10.2 Å². The van der Waals surface area contributed by atoms with Gasteiger partial charge < -0.3 is 29.7 Å². The van der Waals surface area contributed by atoms with Crippen LogP contribution in [0.2, 0.25) is 0 Å². The van der Waals surface area contributed by atoms with Crippen LogP contribution in [0.3, 0.4) is 0 Å². The molecule has 2 bridgehead atoms. The van der Waals surface area contributed by atoms with Crippen molar-refractivity contribution in [3.63, 3.8) is 0 Å². The zero-order chi connectivity index (χ0) is 29.3. The molecule has 3 saturated heterocycles. The van der Waals surface area contributed by atoms with Gasteiger partial charge in [0.15, 0.2) is 0 Å². The van der Waals surface area contributed by atoms with Crippen LogP contribution in [0.1, 0.15) is 32.8 Å². The van der Waals surface area contributed by atoms with Gasteiger partial charge in [-0.05, 0) is 63.4 Å². The maximum absolute atomic E-state index is 14.3. The number of aliphatic hydroxyl groups excluding tert-OH is 1. The molecule has 7 atom stereocenters. The monoisotopic (exact) mass is 627 g/mol. The summed E-state index contributed by atoms with van der Waals surface area (Å²) >= 11 is 3.66. The fraction of sp³-hybridized carbons (Fsp3) is 0.516. The Balaban J connectivity index is 1.51. The number of carbonyl (C=O) groups excluding carboxylic acids is 3. The van der Waals surface area contributed by atoms with Gasteiger partial charge in [-0.1, -0.05) is 46.3 Å². The Bertz CT molecular complexity index is 1260. The van der Waals surface area contributed by atoms with Crippen molar-refractivity contribution in [1.82, 2.24) is 4.90 Å². The first-order valence-corrected chi connectivity index (χ1v) is 15.3. The number of hydrogen-bond acceptors (Lipinski definition) is 7. The van der Waals surface area contributed by atoms with E-state index >= 15 is 0 Å². The van der Waals surface area contributed by atoms with Crippen molar-refractivity contribution in [2.45, 2.75) is 62.2 Å². The zero-order valence-electron chi connectivity index (χ0n) is 23.7. The summed E-state index contributed by atoms with van der Waals surface area (Å²) in [7, 11) is 0. The molecule has 3 aliphatic heterocycles. The molecule has 3 aliphatic rings. The van der Waals surface area contributed by atoms with Crippen LogP contribution in [-0.2, 0) is 30.3 Å². The molecule has 2 N–H and O–H groups in total. The number of aliphatic hydroxyl groups is 1. The predicted molar refractivity (Wildman–Crippen MR) is 159 cm³/mol.